The molecule has 2 aromatic rings. The molecule has 0 spiro atoms. The van der Waals surface area contributed by atoms with E-state index in [1.54, 1.807) is 4.90 Å². The van der Waals surface area contributed by atoms with Crippen LogP contribution in [0, 0.1) is 0 Å². The summed E-state index contributed by atoms with van der Waals surface area (Å²) in [5.41, 5.74) is 2.33. The van der Waals surface area contributed by atoms with Gasteiger partial charge in [0.15, 0.2) is 5.82 Å². The summed E-state index contributed by atoms with van der Waals surface area (Å²) in [5, 5.41) is 4.82. The third-order valence-corrected chi connectivity index (χ3v) is 6.90. The second-order valence-electron chi connectivity index (χ2n) is 8.54. The van der Waals surface area contributed by atoms with Crippen LogP contribution in [0.3, 0.4) is 0 Å². The van der Waals surface area contributed by atoms with Crippen molar-refractivity contribution in [1.29, 1.82) is 0 Å². The van der Waals surface area contributed by atoms with Crippen LogP contribution < -0.4 is 9.62 Å². The van der Waals surface area contributed by atoms with Crippen LogP contribution in [0.15, 0.2) is 30.5 Å². The zero-order chi connectivity index (χ0) is 22.9. The summed E-state index contributed by atoms with van der Waals surface area (Å²) in [5.74, 6) is 0.130. The summed E-state index contributed by atoms with van der Waals surface area (Å²) in [6, 6.07) is 7.97. The van der Waals surface area contributed by atoms with Crippen molar-refractivity contribution in [2.75, 3.05) is 48.6 Å². The lowest BCUT2D eigenvalue weighted by atomic mass is 10.1. The van der Waals surface area contributed by atoms with Gasteiger partial charge in [-0.1, -0.05) is 17.7 Å². The lowest BCUT2D eigenvalue weighted by molar-refractivity contribution is 0.134. The van der Waals surface area contributed by atoms with Gasteiger partial charge in [-0.2, -0.15) is 4.68 Å². The van der Waals surface area contributed by atoms with Crippen molar-refractivity contribution in [3.63, 3.8) is 0 Å². The van der Waals surface area contributed by atoms with Gasteiger partial charge in [0.25, 0.3) is 0 Å². The topological polar surface area (TPSA) is 90.8 Å². The van der Waals surface area contributed by atoms with Gasteiger partial charge in [0, 0.05) is 57.6 Å². The molecule has 1 aromatic heterocycles. The van der Waals surface area contributed by atoms with Gasteiger partial charge in [-0.3, -0.25) is 9.62 Å². The summed E-state index contributed by atoms with van der Waals surface area (Å²) >= 11 is 6.49. The van der Waals surface area contributed by atoms with Crippen molar-refractivity contribution in [2.24, 2.45) is 0 Å². The second kappa shape index (κ2) is 9.29. The molecule has 1 aromatic carbocycles. The number of carbonyl (C=O) groups excluding carboxylic acids is 1. The molecule has 1 atom stereocenters. The molecular formula is C21H29ClN6O3S. The van der Waals surface area contributed by atoms with Gasteiger partial charge in [0.2, 0.25) is 10.0 Å². The minimum absolute atomic E-state index is 0.130. The maximum absolute atomic E-state index is 12.7. The number of aromatic nitrogens is 2. The SMILES string of the molecule is CC1CCCN1c1cc(CN2CCN(C(=O)n3ccc(NS(C)(=O)=O)n3)CC2)ccc1Cl. The van der Waals surface area contributed by atoms with Crippen LogP contribution in [0.5, 0.6) is 0 Å². The van der Waals surface area contributed by atoms with Gasteiger partial charge in [-0.15, -0.1) is 5.10 Å². The average Bonchev–Trinajstić information content (AvgIpc) is 3.37. The highest BCUT2D eigenvalue weighted by molar-refractivity contribution is 7.92. The molecule has 1 N–H and O–H groups in total. The molecule has 4 rings (SSSR count). The van der Waals surface area contributed by atoms with E-state index in [0.717, 1.165) is 43.1 Å². The Bertz CT molecular complexity index is 1080. The summed E-state index contributed by atoms with van der Waals surface area (Å²) in [4.78, 5) is 19.2. The number of hydrogen-bond donors (Lipinski definition) is 1. The predicted molar refractivity (Wildman–Crippen MR) is 126 cm³/mol. The molecule has 11 heteroatoms. The van der Waals surface area contributed by atoms with Crippen molar-refractivity contribution in [2.45, 2.75) is 32.4 Å². The van der Waals surface area contributed by atoms with E-state index in [1.165, 1.54) is 35.4 Å². The molecule has 2 saturated heterocycles. The molecule has 2 aliphatic rings. The number of nitrogens with zero attached hydrogens (tertiary/aromatic N) is 5. The molecule has 0 aliphatic carbocycles. The number of sulfonamides is 1. The van der Waals surface area contributed by atoms with Crippen LogP contribution in [0.4, 0.5) is 16.3 Å². The highest BCUT2D eigenvalue weighted by Crippen LogP contribution is 2.33. The first-order chi connectivity index (χ1) is 15.2. The maximum Gasteiger partial charge on any atom is 0.344 e. The number of carbonyl (C=O) groups is 1. The Hall–Kier alpha value is -2.30. The number of benzene rings is 1. The van der Waals surface area contributed by atoms with Gasteiger partial charge in [0.1, 0.15) is 0 Å². The molecule has 1 unspecified atom stereocenters. The molecular weight excluding hydrogens is 452 g/mol. The predicted octanol–water partition coefficient (Wildman–Crippen LogP) is 2.68. The Morgan fingerprint density at radius 2 is 1.94 bits per heavy atom. The highest BCUT2D eigenvalue weighted by Gasteiger charge is 2.25. The number of amides is 1. The van der Waals surface area contributed by atoms with Crippen LogP contribution >= 0.6 is 11.6 Å². The van der Waals surface area contributed by atoms with Crippen molar-refractivity contribution in [1.82, 2.24) is 19.6 Å². The smallest absolute Gasteiger partial charge is 0.344 e. The zero-order valence-electron chi connectivity index (χ0n) is 18.4. The molecule has 0 bridgehead atoms. The number of hydrogen-bond acceptors (Lipinski definition) is 6. The Labute approximate surface area is 194 Å². The first-order valence-corrected chi connectivity index (χ1v) is 13.1. The Morgan fingerprint density at radius 1 is 1.19 bits per heavy atom. The zero-order valence-corrected chi connectivity index (χ0v) is 19.9. The van der Waals surface area contributed by atoms with E-state index in [1.807, 2.05) is 6.07 Å². The molecule has 2 aliphatic heterocycles. The van der Waals surface area contributed by atoms with Crippen molar-refractivity contribution in [3.05, 3.63) is 41.0 Å². The van der Waals surface area contributed by atoms with Crippen LogP contribution in [0.2, 0.25) is 5.02 Å². The first-order valence-electron chi connectivity index (χ1n) is 10.8. The number of nitrogens with one attached hydrogen (secondary N) is 1. The number of rotatable bonds is 5. The van der Waals surface area contributed by atoms with Crippen molar-refractivity contribution in [3.8, 4) is 0 Å². The third-order valence-electron chi connectivity index (χ3n) is 6.00. The van der Waals surface area contributed by atoms with E-state index < -0.39 is 10.0 Å². The van der Waals surface area contributed by atoms with Crippen molar-refractivity contribution < 1.29 is 13.2 Å². The number of anilines is 2. The van der Waals surface area contributed by atoms with E-state index in [2.05, 4.69) is 38.7 Å². The summed E-state index contributed by atoms with van der Waals surface area (Å²) in [6.45, 7) is 6.75. The second-order valence-corrected chi connectivity index (χ2v) is 10.7. The van der Waals surface area contributed by atoms with E-state index in [9.17, 15) is 13.2 Å². The first kappa shape index (κ1) is 22.9. The fraction of sp³-hybridized carbons (Fsp3) is 0.524. The van der Waals surface area contributed by atoms with E-state index >= 15 is 0 Å². The highest BCUT2D eigenvalue weighted by atomic mass is 35.5. The van der Waals surface area contributed by atoms with Crippen LogP contribution in [0.1, 0.15) is 25.3 Å². The van der Waals surface area contributed by atoms with Crippen molar-refractivity contribution >= 4 is 39.2 Å². The number of piperazine rings is 1. The quantitative estimate of drug-likeness (QED) is 0.707. The Kier molecular flexibility index (Phi) is 6.64. The van der Waals surface area contributed by atoms with Gasteiger partial charge in [0.05, 0.1) is 17.0 Å². The van der Waals surface area contributed by atoms with Crippen LogP contribution in [0.25, 0.3) is 0 Å². The average molecular weight is 481 g/mol. The van der Waals surface area contributed by atoms with Gasteiger partial charge < -0.3 is 9.80 Å². The third kappa shape index (κ3) is 5.36. The maximum atomic E-state index is 12.7. The van der Waals surface area contributed by atoms with E-state index in [-0.39, 0.29) is 11.8 Å². The minimum atomic E-state index is -3.43. The van der Waals surface area contributed by atoms with E-state index in [4.69, 9.17) is 11.6 Å². The molecule has 9 nitrogen and oxygen atoms in total. The van der Waals surface area contributed by atoms with Crippen LogP contribution in [-0.4, -0.2) is 79.1 Å². The molecule has 0 saturated carbocycles. The minimum Gasteiger partial charge on any atom is -0.368 e. The monoisotopic (exact) mass is 480 g/mol. The van der Waals surface area contributed by atoms with Gasteiger partial charge in [-0.25, -0.2) is 13.2 Å². The Morgan fingerprint density at radius 3 is 2.59 bits per heavy atom. The Balaban J connectivity index is 1.34. The molecule has 3 heterocycles. The normalized spacial score (nSPS) is 20.0. The molecule has 0 radical (unpaired) electrons. The fourth-order valence-electron chi connectivity index (χ4n) is 4.34. The summed E-state index contributed by atoms with van der Waals surface area (Å²) in [7, 11) is -3.43. The van der Waals surface area contributed by atoms with Gasteiger partial charge in [-0.05, 0) is 37.5 Å². The summed E-state index contributed by atoms with van der Waals surface area (Å²) < 4.78 is 26.1. The van der Waals surface area contributed by atoms with Gasteiger partial charge >= 0.3 is 6.03 Å². The molecule has 2 fully saturated rings. The lowest BCUT2D eigenvalue weighted by Crippen LogP contribution is -2.49. The van der Waals surface area contributed by atoms with Crippen LogP contribution in [-0.2, 0) is 16.6 Å². The number of halogens is 1. The largest absolute Gasteiger partial charge is 0.368 e. The molecule has 174 valence electrons. The standard InChI is InChI=1S/C21H29ClN6O3S/c1-16-4-3-8-27(16)19-14-17(5-6-18(19)22)15-25-10-12-26(13-11-25)21(29)28-9-7-20(23-28)24-32(2,30)31/h5-7,9,14,16H,3-4,8,10-13,15H2,1-2H3,(H,23,24). The van der Waals surface area contributed by atoms with E-state index in [0.29, 0.717) is 19.1 Å². The molecule has 1 amide bonds. The fourth-order valence-corrected chi connectivity index (χ4v) is 5.06. The lowest BCUT2D eigenvalue weighted by Gasteiger charge is -2.34. The molecule has 32 heavy (non-hydrogen) atoms. The summed E-state index contributed by atoms with van der Waals surface area (Å²) in [6.07, 6.45) is 4.90.